The molecule has 94 valence electrons. The Kier molecular flexibility index (Phi) is 6.08. The molecule has 0 aromatic rings. The fraction of sp³-hybridized carbons (Fsp3) is 0.833. The van der Waals surface area contributed by atoms with Gasteiger partial charge in [-0.05, 0) is 18.8 Å². The second-order valence-corrected chi connectivity index (χ2v) is 5.13. The Morgan fingerprint density at radius 3 is 2.12 bits per heavy atom. The minimum Gasteiger partial charge on any atom is -0.355 e. The summed E-state index contributed by atoms with van der Waals surface area (Å²) < 4.78 is 0. The predicted octanol–water partition coefficient (Wildman–Crippen LogP) is 1.45. The van der Waals surface area contributed by atoms with Gasteiger partial charge >= 0.3 is 0 Å². The van der Waals surface area contributed by atoms with Crippen LogP contribution < -0.4 is 10.6 Å². The largest absolute Gasteiger partial charge is 0.355 e. The highest BCUT2D eigenvalue weighted by molar-refractivity contribution is 5.87. The molecule has 0 unspecified atom stereocenters. The number of likely N-dealkylation sites (N-methyl/N-ethyl adjacent to an activating group) is 1. The molecular weight excluding hydrogens is 204 g/mol. The lowest BCUT2D eigenvalue weighted by Gasteiger charge is -2.25. The molecule has 0 saturated carbocycles. The molecule has 0 aromatic heterocycles. The van der Waals surface area contributed by atoms with Crippen LogP contribution in [0.25, 0.3) is 0 Å². The van der Waals surface area contributed by atoms with Crippen LogP contribution in [0.1, 0.15) is 47.5 Å². The third-order valence-electron chi connectivity index (χ3n) is 2.14. The molecule has 0 rings (SSSR count). The van der Waals surface area contributed by atoms with E-state index < -0.39 is 6.04 Å². The fourth-order valence-electron chi connectivity index (χ4n) is 1.42. The molecule has 0 aliphatic rings. The zero-order valence-corrected chi connectivity index (χ0v) is 11.0. The van der Waals surface area contributed by atoms with Crippen LogP contribution in [0.15, 0.2) is 0 Å². The quantitative estimate of drug-likeness (QED) is 0.748. The van der Waals surface area contributed by atoms with Crippen LogP contribution in [0.3, 0.4) is 0 Å². The van der Waals surface area contributed by atoms with Crippen molar-refractivity contribution in [2.24, 2.45) is 5.41 Å². The molecule has 0 aromatic carbocycles. The van der Waals surface area contributed by atoms with Gasteiger partial charge in [0.25, 0.3) is 0 Å². The summed E-state index contributed by atoms with van der Waals surface area (Å²) in [6.07, 6.45) is 1.05. The second kappa shape index (κ2) is 6.51. The molecule has 16 heavy (non-hydrogen) atoms. The molecule has 0 bridgehead atoms. The van der Waals surface area contributed by atoms with Crippen LogP contribution in [0.2, 0.25) is 0 Å². The first-order valence-electron chi connectivity index (χ1n) is 5.87. The van der Waals surface area contributed by atoms with Gasteiger partial charge in [-0.25, -0.2) is 0 Å². The molecule has 0 heterocycles. The average Bonchev–Trinajstić information content (AvgIpc) is 2.14. The Bertz CT molecular complexity index is 244. The van der Waals surface area contributed by atoms with Gasteiger partial charge in [0.15, 0.2) is 0 Å². The molecule has 0 fully saturated rings. The van der Waals surface area contributed by atoms with Crippen molar-refractivity contribution in [3.05, 3.63) is 0 Å². The Labute approximate surface area is 98.2 Å². The van der Waals surface area contributed by atoms with Gasteiger partial charge in [-0.3, -0.25) is 9.59 Å². The zero-order valence-electron chi connectivity index (χ0n) is 11.0. The summed E-state index contributed by atoms with van der Waals surface area (Å²) in [5, 5.41) is 5.50. The standard InChI is InChI=1S/C12H24N2O2/c1-6-10(15)14-9(8-12(3,4)5)11(16)13-7-2/h9H,6-8H2,1-5H3,(H,13,16)(H,14,15)/t9-/m0/s1. The van der Waals surface area contributed by atoms with Crippen molar-refractivity contribution in [2.75, 3.05) is 6.54 Å². The molecule has 1 atom stereocenters. The monoisotopic (exact) mass is 228 g/mol. The first-order chi connectivity index (χ1) is 7.30. The summed E-state index contributed by atoms with van der Waals surface area (Å²) in [5.41, 5.74) is 0.0107. The number of carbonyl (C=O) groups excluding carboxylic acids is 2. The third-order valence-corrected chi connectivity index (χ3v) is 2.14. The van der Waals surface area contributed by atoms with Gasteiger partial charge in [0.1, 0.15) is 6.04 Å². The van der Waals surface area contributed by atoms with Crippen molar-refractivity contribution < 1.29 is 9.59 Å². The van der Waals surface area contributed by atoms with Crippen molar-refractivity contribution in [1.82, 2.24) is 10.6 Å². The summed E-state index contributed by atoms with van der Waals surface area (Å²) >= 11 is 0. The highest BCUT2D eigenvalue weighted by atomic mass is 16.2. The van der Waals surface area contributed by atoms with Gasteiger partial charge in [-0.15, -0.1) is 0 Å². The van der Waals surface area contributed by atoms with E-state index >= 15 is 0 Å². The number of carbonyl (C=O) groups is 2. The van der Waals surface area contributed by atoms with Crippen LogP contribution in [0.5, 0.6) is 0 Å². The van der Waals surface area contributed by atoms with Gasteiger partial charge in [-0.2, -0.15) is 0 Å². The molecule has 0 aliphatic heterocycles. The maximum atomic E-state index is 11.7. The van der Waals surface area contributed by atoms with E-state index in [2.05, 4.69) is 31.4 Å². The molecule has 0 spiro atoms. The van der Waals surface area contributed by atoms with Crippen molar-refractivity contribution in [2.45, 2.75) is 53.5 Å². The summed E-state index contributed by atoms with van der Waals surface area (Å²) in [7, 11) is 0. The Hall–Kier alpha value is -1.06. The summed E-state index contributed by atoms with van der Waals surface area (Å²) in [6, 6.07) is -0.424. The van der Waals surface area contributed by atoms with Crippen LogP contribution in [0.4, 0.5) is 0 Å². The maximum absolute atomic E-state index is 11.7. The fourth-order valence-corrected chi connectivity index (χ4v) is 1.42. The topological polar surface area (TPSA) is 58.2 Å². The second-order valence-electron chi connectivity index (χ2n) is 5.13. The molecular formula is C12H24N2O2. The average molecular weight is 228 g/mol. The molecule has 2 amide bonds. The van der Waals surface area contributed by atoms with E-state index in [-0.39, 0.29) is 17.2 Å². The molecule has 0 saturated heterocycles. The van der Waals surface area contributed by atoms with E-state index in [0.717, 1.165) is 0 Å². The van der Waals surface area contributed by atoms with Crippen molar-refractivity contribution in [3.8, 4) is 0 Å². The minimum absolute atomic E-state index is 0.0107. The smallest absolute Gasteiger partial charge is 0.242 e. The summed E-state index contributed by atoms with van der Waals surface area (Å²) in [4.78, 5) is 23.1. The number of hydrogen-bond acceptors (Lipinski definition) is 2. The van der Waals surface area contributed by atoms with Gasteiger partial charge in [0.2, 0.25) is 11.8 Å². The van der Waals surface area contributed by atoms with Gasteiger partial charge < -0.3 is 10.6 Å². The highest BCUT2D eigenvalue weighted by Gasteiger charge is 2.25. The predicted molar refractivity (Wildman–Crippen MR) is 65.0 cm³/mol. The lowest BCUT2D eigenvalue weighted by Crippen LogP contribution is -2.48. The zero-order chi connectivity index (χ0) is 12.8. The summed E-state index contributed by atoms with van der Waals surface area (Å²) in [6.45, 7) is 10.4. The first-order valence-corrected chi connectivity index (χ1v) is 5.87. The van der Waals surface area contributed by atoms with E-state index in [9.17, 15) is 9.59 Å². The molecule has 2 N–H and O–H groups in total. The van der Waals surface area contributed by atoms with Gasteiger partial charge in [0, 0.05) is 13.0 Å². The molecule has 0 aliphatic carbocycles. The van der Waals surface area contributed by atoms with Crippen molar-refractivity contribution >= 4 is 11.8 Å². The number of amides is 2. The van der Waals surface area contributed by atoms with Crippen molar-refractivity contribution in [3.63, 3.8) is 0 Å². The van der Waals surface area contributed by atoms with E-state index in [1.165, 1.54) is 0 Å². The van der Waals surface area contributed by atoms with Crippen molar-refractivity contribution in [1.29, 1.82) is 0 Å². The van der Waals surface area contributed by atoms with Crippen LogP contribution in [-0.2, 0) is 9.59 Å². The highest BCUT2D eigenvalue weighted by Crippen LogP contribution is 2.20. The lowest BCUT2D eigenvalue weighted by atomic mass is 9.87. The van der Waals surface area contributed by atoms with E-state index in [1.54, 1.807) is 6.92 Å². The maximum Gasteiger partial charge on any atom is 0.242 e. The minimum atomic E-state index is -0.424. The number of rotatable bonds is 5. The SMILES string of the molecule is CCNC(=O)[C@H](CC(C)(C)C)NC(=O)CC. The normalized spacial score (nSPS) is 13.1. The first kappa shape index (κ1) is 14.9. The van der Waals surface area contributed by atoms with Gasteiger partial charge in [0.05, 0.1) is 0 Å². The Morgan fingerprint density at radius 1 is 1.19 bits per heavy atom. The van der Waals surface area contributed by atoms with E-state index in [1.807, 2.05) is 6.92 Å². The Morgan fingerprint density at radius 2 is 1.75 bits per heavy atom. The lowest BCUT2D eigenvalue weighted by molar-refractivity contribution is -0.129. The molecule has 4 nitrogen and oxygen atoms in total. The third kappa shape index (κ3) is 6.43. The van der Waals surface area contributed by atoms with Crippen LogP contribution in [-0.4, -0.2) is 24.4 Å². The number of nitrogens with one attached hydrogen (secondary N) is 2. The summed E-state index contributed by atoms with van der Waals surface area (Å²) in [5.74, 6) is -0.181. The van der Waals surface area contributed by atoms with E-state index in [4.69, 9.17) is 0 Å². The van der Waals surface area contributed by atoms with Crippen LogP contribution in [0, 0.1) is 5.41 Å². The number of hydrogen-bond donors (Lipinski definition) is 2. The van der Waals surface area contributed by atoms with Crippen LogP contribution >= 0.6 is 0 Å². The van der Waals surface area contributed by atoms with Gasteiger partial charge in [-0.1, -0.05) is 27.7 Å². The molecule has 4 heteroatoms. The Balaban J connectivity index is 4.50. The van der Waals surface area contributed by atoms with E-state index in [0.29, 0.717) is 19.4 Å². The molecule has 0 radical (unpaired) electrons.